The minimum Gasteiger partial charge on any atom is -0.496 e. The molecule has 1 atom stereocenters. The van der Waals surface area contributed by atoms with Crippen molar-refractivity contribution >= 4 is 29.3 Å². The number of benzene rings is 2. The van der Waals surface area contributed by atoms with Gasteiger partial charge < -0.3 is 15.4 Å². The van der Waals surface area contributed by atoms with E-state index in [2.05, 4.69) is 16.7 Å². The van der Waals surface area contributed by atoms with Crippen LogP contribution in [0.4, 0.5) is 18.9 Å². The molecule has 0 aliphatic carbocycles. The third-order valence-electron chi connectivity index (χ3n) is 4.72. The fourth-order valence-corrected chi connectivity index (χ4v) is 4.19. The lowest BCUT2D eigenvalue weighted by atomic mass is 9.86. The second-order valence-corrected chi connectivity index (χ2v) is 7.77. The van der Waals surface area contributed by atoms with Gasteiger partial charge in [0.1, 0.15) is 5.75 Å². The van der Waals surface area contributed by atoms with Gasteiger partial charge in [-0.15, -0.1) is 0 Å². The Bertz CT molecular complexity index is 1110. The van der Waals surface area contributed by atoms with Gasteiger partial charge in [0.15, 0.2) is 0 Å². The number of amides is 2. The molecule has 0 aromatic heterocycles. The van der Waals surface area contributed by atoms with Gasteiger partial charge in [-0.05, 0) is 18.2 Å². The summed E-state index contributed by atoms with van der Waals surface area (Å²) in [5.74, 6) is -1.39. The number of halogens is 3. The number of carbonyl (C=O) groups is 2. The highest BCUT2D eigenvalue weighted by Crippen LogP contribution is 2.40. The summed E-state index contributed by atoms with van der Waals surface area (Å²) in [5.41, 5.74) is -0.414. The summed E-state index contributed by atoms with van der Waals surface area (Å²) >= 11 is 0.877. The lowest BCUT2D eigenvalue weighted by Crippen LogP contribution is -2.31. The molecule has 10 heteroatoms. The molecule has 1 heterocycles. The number of nitrogens with one attached hydrogen (secondary N) is 2. The molecule has 1 aliphatic rings. The standard InChI is InChI=1S/C22H18F3N3O3S/c1-31-18-9-5-2-6-13(18)14-10-19(29)28-21(15(14)11-26)32-12-20(30)27-17-8-4-3-7-16(17)22(23,24)25/h2-9,14H,10,12H2,1H3,(H,27,30)(H,28,29). The van der Waals surface area contributed by atoms with Crippen LogP contribution in [-0.2, 0) is 15.8 Å². The monoisotopic (exact) mass is 461 g/mol. The Morgan fingerprint density at radius 3 is 2.62 bits per heavy atom. The van der Waals surface area contributed by atoms with E-state index in [1.807, 2.05) is 0 Å². The van der Waals surface area contributed by atoms with Gasteiger partial charge in [0.2, 0.25) is 11.8 Å². The number of nitriles is 1. The lowest BCUT2D eigenvalue weighted by molar-refractivity contribution is -0.137. The largest absolute Gasteiger partial charge is 0.496 e. The Hall–Kier alpha value is -3.45. The number of anilines is 1. The summed E-state index contributed by atoms with van der Waals surface area (Å²) < 4.78 is 44.7. The number of alkyl halides is 3. The van der Waals surface area contributed by atoms with Crippen molar-refractivity contribution in [1.82, 2.24) is 5.32 Å². The van der Waals surface area contributed by atoms with E-state index in [0.717, 1.165) is 23.9 Å². The number of thioether (sulfide) groups is 1. The van der Waals surface area contributed by atoms with Crippen LogP contribution >= 0.6 is 11.8 Å². The number of para-hydroxylation sites is 2. The van der Waals surface area contributed by atoms with Crippen molar-refractivity contribution in [3.63, 3.8) is 0 Å². The first kappa shape index (κ1) is 23.2. The van der Waals surface area contributed by atoms with E-state index in [-0.39, 0.29) is 34.4 Å². The number of allylic oxidation sites excluding steroid dienone is 1. The molecule has 2 N–H and O–H groups in total. The highest BCUT2D eigenvalue weighted by Gasteiger charge is 2.34. The minimum atomic E-state index is -4.62. The summed E-state index contributed by atoms with van der Waals surface area (Å²) in [4.78, 5) is 24.6. The number of ether oxygens (including phenoxy) is 1. The topological polar surface area (TPSA) is 91.2 Å². The summed E-state index contributed by atoms with van der Waals surface area (Å²) in [6, 6.07) is 13.7. The predicted octanol–water partition coefficient (Wildman–Crippen LogP) is 4.42. The molecule has 0 saturated carbocycles. The normalized spacial score (nSPS) is 16.2. The van der Waals surface area contributed by atoms with Crippen LogP contribution in [0.1, 0.15) is 23.5 Å². The molecule has 166 valence electrons. The molecule has 2 aromatic rings. The zero-order valence-corrected chi connectivity index (χ0v) is 17.6. The van der Waals surface area contributed by atoms with Gasteiger partial charge in [-0.2, -0.15) is 18.4 Å². The van der Waals surface area contributed by atoms with Crippen LogP contribution in [0.25, 0.3) is 0 Å². The van der Waals surface area contributed by atoms with Crippen molar-refractivity contribution in [1.29, 1.82) is 5.26 Å². The Morgan fingerprint density at radius 2 is 1.94 bits per heavy atom. The van der Waals surface area contributed by atoms with Gasteiger partial charge in [0.05, 0.1) is 40.8 Å². The number of rotatable bonds is 6. The van der Waals surface area contributed by atoms with E-state index in [1.165, 1.54) is 19.2 Å². The van der Waals surface area contributed by atoms with Gasteiger partial charge in [-0.3, -0.25) is 9.59 Å². The molecule has 0 bridgehead atoms. The van der Waals surface area contributed by atoms with E-state index in [1.54, 1.807) is 24.3 Å². The first-order chi connectivity index (χ1) is 15.2. The molecule has 0 saturated heterocycles. The number of methoxy groups -OCH3 is 1. The molecule has 2 aromatic carbocycles. The number of hydrogen-bond acceptors (Lipinski definition) is 5. The Balaban J connectivity index is 1.80. The summed E-state index contributed by atoms with van der Waals surface area (Å²) in [5, 5.41) is 14.8. The smallest absolute Gasteiger partial charge is 0.418 e. The summed E-state index contributed by atoms with van der Waals surface area (Å²) in [7, 11) is 1.48. The zero-order valence-electron chi connectivity index (χ0n) is 16.8. The molecule has 0 radical (unpaired) electrons. The maximum Gasteiger partial charge on any atom is 0.418 e. The second kappa shape index (κ2) is 9.78. The van der Waals surface area contributed by atoms with Crippen molar-refractivity contribution in [2.24, 2.45) is 0 Å². The first-order valence-corrected chi connectivity index (χ1v) is 10.4. The molecule has 1 unspecified atom stereocenters. The molecule has 2 amide bonds. The fourth-order valence-electron chi connectivity index (χ4n) is 3.32. The summed E-state index contributed by atoms with van der Waals surface area (Å²) in [6.45, 7) is 0. The van der Waals surface area contributed by atoms with Gasteiger partial charge in [-0.1, -0.05) is 42.1 Å². The third kappa shape index (κ3) is 5.23. The van der Waals surface area contributed by atoms with E-state index >= 15 is 0 Å². The van der Waals surface area contributed by atoms with Crippen LogP contribution in [0.5, 0.6) is 5.75 Å². The molecule has 3 rings (SSSR count). The van der Waals surface area contributed by atoms with Crippen LogP contribution in [0.2, 0.25) is 0 Å². The van der Waals surface area contributed by atoms with Crippen molar-refractivity contribution < 1.29 is 27.5 Å². The average Bonchev–Trinajstić information content (AvgIpc) is 2.76. The highest BCUT2D eigenvalue weighted by atomic mass is 32.2. The van der Waals surface area contributed by atoms with Crippen LogP contribution < -0.4 is 15.4 Å². The maximum absolute atomic E-state index is 13.1. The molecular formula is C22H18F3N3O3S. The predicted molar refractivity (Wildman–Crippen MR) is 114 cm³/mol. The number of nitrogens with zero attached hydrogens (tertiary/aromatic N) is 1. The quantitative estimate of drug-likeness (QED) is 0.665. The molecule has 0 fully saturated rings. The Morgan fingerprint density at radius 1 is 1.25 bits per heavy atom. The molecule has 32 heavy (non-hydrogen) atoms. The summed E-state index contributed by atoms with van der Waals surface area (Å²) in [6.07, 6.45) is -4.59. The van der Waals surface area contributed by atoms with Gasteiger partial charge >= 0.3 is 6.18 Å². The van der Waals surface area contributed by atoms with Crippen LogP contribution in [0.3, 0.4) is 0 Å². The van der Waals surface area contributed by atoms with Crippen molar-refractivity contribution in [3.8, 4) is 11.8 Å². The van der Waals surface area contributed by atoms with Crippen LogP contribution in [0.15, 0.2) is 59.1 Å². The van der Waals surface area contributed by atoms with E-state index < -0.39 is 23.6 Å². The van der Waals surface area contributed by atoms with Gasteiger partial charge in [0, 0.05) is 17.9 Å². The van der Waals surface area contributed by atoms with E-state index in [4.69, 9.17) is 4.74 Å². The highest BCUT2D eigenvalue weighted by molar-refractivity contribution is 8.03. The van der Waals surface area contributed by atoms with Crippen LogP contribution in [-0.4, -0.2) is 24.7 Å². The van der Waals surface area contributed by atoms with Crippen molar-refractivity contribution in [3.05, 3.63) is 70.3 Å². The maximum atomic E-state index is 13.1. The Kier molecular flexibility index (Phi) is 7.10. The molecule has 0 spiro atoms. The van der Waals surface area contributed by atoms with E-state index in [0.29, 0.717) is 11.3 Å². The average molecular weight is 461 g/mol. The van der Waals surface area contributed by atoms with E-state index in [9.17, 15) is 28.0 Å². The van der Waals surface area contributed by atoms with Gasteiger partial charge in [0.25, 0.3) is 0 Å². The lowest BCUT2D eigenvalue weighted by Gasteiger charge is -2.26. The Labute approximate surface area is 186 Å². The third-order valence-corrected chi connectivity index (χ3v) is 5.74. The zero-order chi connectivity index (χ0) is 23.3. The second-order valence-electron chi connectivity index (χ2n) is 6.78. The minimum absolute atomic E-state index is 0.0263. The van der Waals surface area contributed by atoms with Crippen molar-refractivity contribution in [2.75, 3.05) is 18.2 Å². The molecule has 6 nitrogen and oxygen atoms in total. The van der Waals surface area contributed by atoms with Crippen LogP contribution in [0, 0.1) is 11.3 Å². The fraction of sp³-hybridized carbons (Fsp3) is 0.227. The van der Waals surface area contributed by atoms with Gasteiger partial charge in [-0.25, -0.2) is 0 Å². The molecular weight excluding hydrogens is 443 g/mol. The first-order valence-electron chi connectivity index (χ1n) is 9.40. The molecule has 1 aliphatic heterocycles. The number of hydrogen-bond donors (Lipinski definition) is 2. The SMILES string of the molecule is COc1ccccc1C1CC(=O)NC(SCC(=O)Nc2ccccc2C(F)(F)F)=C1C#N. The number of carbonyl (C=O) groups excluding carboxylic acids is 2. The van der Waals surface area contributed by atoms with Crippen molar-refractivity contribution in [2.45, 2.75) is 18.5 Å².